The monoisotopic (exact) mass is 320 g/mol. The molecular formula is C21H24N2O. The molecule has 0 amide bonds. The molecule has 1 saturated heterocycles. The summed E-state index contributed by atoms with van der Waals surface area (Å²) in [7, 11) is 0. The zero-order chi connectivity index (χ0) is 16.7. The van der Waals surface area contributed by atoms with Gasteiger partial charge in [0.25, 0.3) is 0 Å². The summed E-state index contributed by atoms with van der Waals surface area (Å²) in [6.45, 7) is 8.95. The van der Waals surface area contributed by atoms with Gasteiger partial charge in [-0.3, -0.25) is 0 Å². The van der Waals surface area contributed by atoms with E-state index >= 15 is 0 Å². The molecule has 1 aromatic heterocycles. The van der Waals surface area contributed by atoms with E-state index in [4.69, 9.17) is 4.42 Å². The molecule has 124 valence electrons. The fourth-order valence-corrected chi connectivity index (χ4v) is 3.32. The van der Waals surface area contributed by atoms with Gasteiger partial charge in [0.1, 0.15) is 5.52 Å². The summed E-state index contributed by atoms with van der Waals surface area (Å²) in [6.07, 6.45) is 2.56. The van der Waals surface area contributed by atoms with E-state index in [0.717, 1.165) is 29.8 Å². The lowest BCUT2D eigenvalue weighted by Gasteiger charge is -2.18. The molecule has 4 rings (SSSR count). The van der Waals surface area contributed by atoms with E-state index in [2.05, 4.69) is 73.1 Å². The number of oxazole rings is 1. The second kappa shape index (κ2) is 5.66. The number of hydrogen-bond donors (Lipinski definition) is 0. The highest BCUT2D eigenvalue weighted by atomic mass is 16.3. The van der Waals surface area contributed by atoms with Crippen LogP contribution in [0.3, 0.4) is 0 Å². The quantitative estimate of drug-likeness (QED) is 0.633. The zero-order valence-corrected chi connectivity index (χ0v) is 14.7. The smallest absolute Gasteiger partial charge is 0.227 e. The predicted molar refractivity (Wildman–Crippen MR) is 99.6 cm³/mol. The number of fused-ring (bicyclic) bond motifs is 1. The van der Waals surface area contributed by atoms with Crippen LogP contribution in [0.4, 0.5) is 5.69 Å². The van der Waals surface area contributed by atoms with Gasteiger partial charge in [0.2, 0.25) is 5.89 Å². The van der Waals surface area contributed by atoms with Gasteiger partial charge in [-0.25, -0.2) is 4.98 Å². The lowest BCUT2D eigenvalue weighted by Crippen LogP contribution is -2.17. The molecule has 1 aliphatic heterocycles. The van der Waals surface area contributed by atoms with E-state index < -0.39 is 0 Å². The van der Waals surface area contributed by atoms with Gasteiger partial charge in [0.15, 0.2) is 5.58 Å². The number of nitrogens with zero attached hydrogens (tertiary/aromatic N) is 2. The van der Waals surface area contributed by atoms with E-state index in [1.54, 1.807) is 0 Å². The highest BCUT2D eigenvalue weighted by Crippen LogP contribution is 2.30. The molecule has 0 aliphatic carbocycles. The topological polar surface area (TPSA) is 29.3 Å². The van der Waals surface area contributed by atoms with Crippen LogP contribution in [-0.4, -0.2) is 18.1 Å². The van der Waals surface area contributed by atoms with Crippen molar-refractivity contribution in [2.45, 2.75) is 39.0 Å². The standard InChI is InChI=1S/C21H24N2O/c1-21(2,3)16-8-6-15(7-9-16)20-22-18-11-10-17(14-19(18)24-20)23-12-4-5-13-23/h6-11,14H,4-5,12-13H2,1-3H3. The molecule has 0 unspecified atom stereocenters. The van der Waals surface area contributed by atoms with Crippen LogP contribution in [0, 0.1) is 0 Å². The molecular weight excluding hydrogens is 296 g/mol. The Hall–Kier alpha value is -2.29. The summed E-state index contributed by atoms with van der Waals surface area (Å²) < 4.78 is 6.04. The summed E-state index contributed by atoms with van der Waals surface area (Å²) in [5.41, 5.74) is 5.54. The minimum absolute atomic E-state index is 0.157. The van der Waals surface area contributed by atoms with Crippen molar-refractivity contribution in [3.63, 3.8) is 0 Å². The Morgan fingerprint density at radius 2 is 1.67 bits per heavy atom. The first-order valence-electron chi connectivity index (χ1n) is 8.77. The van der Waals surface area contributed by atoms with E-state index in [1.165, 1.54) is 24.1 Å². The van der Waals surface area contributed by atoms with E-state index in [-0.39, 0.29) is 5.41 Å². The first-order valence-corrected chi connectivity index (χ1v) is 8.77. The van der Waals surface area contributed by atoms with Crippen molar-refractivity contribution in [2.24, 2.45) is 0 Å². The Kier molecular flexibility index (Phi) is 3.60. The minimum Gasteiger partial charge on any atom is -0.436 e. The second-order valence-corrected chi connectivity index (χ2v) is 7.69. The maximum absolute atomic E-state index is 6.04. The molecule has 1 aliphatic rings. The normalized spacial score (nSPS) is 15.4. The number of aromatic nitrogens is 1. The lowest BCUT2D eigenvalue weighted by atomic mass is 9.87. The molecule has 3 nitrogen and oxygen atoms in total. The SMILES string of the molecule is CC(C)(C)c1ccc(-c2nc3ccc(N4CCCC4)cc3o2)cc1. The molecule has 2 heterocycles. The van der Waals surface area contributed by atoms with E-state index in [9.17, 15) is 0 Å². The predicted octanol–water partition coefficient (Wildman–Crippen LogP) is 5.39. The highest BCUT2D eigenvalue weighted by molar-refractivity contribution is 5.80. The van der Waals surface area contributed by atoms with Crippen LogP contribution in [0.5, 0.6) is 0 Å². The molecule has 2 aromatic carbocycles. The first-order chi connectivity index (χ1) is 11.5. The van der Waals surface area contributed by atoms with Crippen LogP contribution < -0.4 is 4.90 Å². The Balaban J connectivity index is 1.67. The van der Waals surface area contributed by atoms with Crippen LogP contribution in [0.15, 0.2) is 46.9 Å². The van der Waals surface area contributed by atoms with Gasteiger partial charge < -0.3 is 9.32 Å². The lowest BCUT2D eigenvalue weighted by molar-refractivity contribution is 0.589. The zero-order valence-electron chi connectivity index (χ0n) is 14.7. The number of benzene rings is 2. The third-order valence-corrected chi connectivity index (χ3v) is 4.84. The van der Waals surface area contributed by atoms with Crippen molar-refractivity contribution in [3.05, 3.63) is 48.0 Å². The summed E-state index contributed by atoms with van der Waals surface area (Å²) in [4.78, 5) is 7.07. The Bertz CT molecular complexity index is 850. The van der Waals surface area contributed by atoms with E-state index in [0.29, 0.717) is 5.89 Å². The Morgan fingerprint density at radius 3 is 2.33 bits per heavy atom. The minimum atomic E-state index is 0.157. The van der Waals surface area contributed by atoms with Crippen molar-refractivity contribution < 1.29 is 4.42 Å². The average molecular weight is 320 g/mol. The molecule has 0 saturated carbocycles. The van der Waals surface area contributed by atoms with Crippen LogP contribution in [0.2, 0.25) is 0 Å². The van der Waals surface area contributed by atoms with Gasteiger partial charge in [-0.05, 0) is 48.1 Å². The molecule has 0 radical (unpaired) electrons. The van der Waals surface area contributed by atoms with Crippen LogP contribution in [0.25, 0.3) is 22.6 Å². The molecule has 0 bridgehead atoms. The molecule has 3 aromatic rings. The van der Waals surface area contributed by atoms with Gasteiger partial charge in [-0.2, -0.15) is 0 Å². The maximum Gasteiger partial charge on any atom is 0.227 e. The number of anilines is 1. The van der Waals surface area contributed by atoms with Crippen LogP contribution in [0.1, 0.15) is 39.2 Å². The summed E-state index contributed by atoms with van der Waals surface area (Å²) in [5.74, 6) is 0.698. The largest absolute Gasteiger partial charge is 0.436 e. The maximum atomic E-state index is 6.04. The van der Waals surface area contributed by atoms with Crippen molar-refractivity contribution >= 4 is 16.8 Å². The third-order valence-electron chi connectivity index (χ3n) is 4.84. The van der Waals surface area contributed by atoms with Crippen molar-refractivity contribution in [1.29, 1.82) is 0 Å². The van der Waals surface area contributed by atoms with Crippen molar-refractivity contribution in [3.8, 4) is 11.5 Å². The molecule has 0 spiro atoms. The Labute approximate surface area is 143 Å². The average Bonchev–Trinajstić information content (AvgIpc) is 3.23. The van der Waals surface area contributed by atoms with Crippen LogP contribution in [-0.2, 0) is 5.41 Å². The number of hydrogen-bond acceptors (Lipinski definition) is 3. The van der Waals surface area contributed by atoms with Gasteiger partial charge in [-0.1, -0.05) is 32.9 Å². The number of rotatable bonds is 2. The van der Waals surface area contributed by atoms with Gasteiger partial charge >= 0.3 is 0 Å². The first kappa shape index (κ1) is 15.3. The summed E-state index contributed by atoms with van der Waals surface area (Å²) in [6, 6.07) is 14.9. The van der Waals surface area contributed by atoms with Gasteiger partial charge in [-0.15, -0.1) is 0 Å². The fraction of sp³-hybridized carbons (Fsp3) is 0.381. The fourth-order valence-electron chi connectivity index (χ4n) is 3.32. The molecule has 3 heteroatoms. The van der Waals surface area contributed by atoms with Crippen molar-refractivity contribution in [1.82, 2.24) is 4.98 Å². The Morgan fingerprint density at radius 1 is 0.958 bits per heavy atom. The molecule has 0 atom stereocenters. The molecule has 1 fully saturated rings. The second-order valence-electron chi connectivity index (χ2n) is 7.69. The van der Waals surface area contributed by atoms with Gasteiger partial charge in [0.05, 0.1) is 0 Å². The van der Waals surface area contributed by atoms with Crippen molar-refractivity contribution in [2.75, 3.05) is 18.0 Å². The third kappa shape index (κ3) is 2.79. The van der Waals surface area contributed by atoms with Gasteiger partial charge in [0, 0.05) is 30.4 Å². The summed E-state index contributed by atoms with van der Waals surface area (Å²) in [5, 5.41) is 0. The molecule has 0 N–H and O–H groups in total. The summed E-state index contributed by atoms with van der Waals surface area (Å²) >= 11 is 0. The van der Waals surface area contributed by atoms with E-state index in [1.807, 2.05) is 0 Å². The van der Waals surface area contributed by atoms with Crippen LogP contribution >= 0.6 is 0 Å². The molecule has 24 heavy (non-hydrogen) atoms. The highest BCUT2D eigenvalue weighted by Gasteiger charge is 2.16.